The molecule has 1 aliphatic rings. The largest absolute Gasteiger partial charge is 0.423 e. The van der Waals surface area contributed by atoms with Crippen LogP contribution < -0.4 is 4.74 Å². The van der Waals surface area contributed by atoms with E-state index in [9.17, 15) is 9.18 Å². The fourth-order valence-electron chi connectivity index (χ4n) is 4.51. The molecule has 33 heavy (non-hydrogen) atoms. The van der Waals surface area contributed by atoms with Crippen LogP contribution in [0.15, 0.2) is 54.6 Å². The highest BCUT2D eigenvalue weighted by Gasteiger charge is 2.18. The zero-order valence-corrected chi connectivity index (χ0v) is 19.6. The fraction of sp³-hybridized carbons (Fsp3) is 0.448. The second-order valence-electron chi connectivity index (χ2n) is 9.08. The molecule has 3 rings (SSSR count). The summed E-state index contributed by atoms with van der Waals surface area (Å²) in [6, 6.07) is 12.9. The number of hydrogen-bond donors (Lipinski definition) is 0. The summed E-state index contributed by atoms with van der Waals surface area (Å²) >= 11 is 0. The molecule has 1 fully saturated rings. The quantitative estimate of drug-likeness (QED) is 0.162. The van der Waals surface area contributed by atoms with Crippen LogP contribution in [-0.2, 0) is 6.42 Å². The average Bonchev–Trinajstić information content (AvgIpc) is 2.83. The van der Waals surface area contributed by atoms with Gasteiger partial charge in [-0.1, -0.05) is 56.9 Å². The van der Waals surface area contributed by atoms with Crippen LogP contribution >= 0.6 is 0 Å². The first-order valence-corrected chi connectivity index (χ1v) is 12.3. The molecule has 2 aromatic carbocycles. The van der Waals surface area contributed by atoms with Crippen LogP contribution in [0.2, 0.25) is 0 Å². The highest BCUT2D eigenvalue weighted by atomic mass is 19.1. The third-order valence-corrected chi connectivity index (χ3v) is 6.58. The molecule has 174 valence electrons. The summed E-state index contributed by atoms with van der Waals surface area (Å²) in [5.41, 5.74) is 1.50. The van der Waals surface area contributed by atoms with Crippen LogP contribution in [0.4, 0.5) is 4.39 Å². The van der Waals surface area contributed by atoms with E-state index >= 15 is 0 Å². The molecule has 2 aromatic rings. The summed E-state index contributed by atoms with van der Waals surface area (Å²) in [5.74, 6) is 0.516. The van der Waals surface area contributed by atoms with Crippen LogP contribution in [0.3, 0.4) is 0 Å². The minimum Gasteiger partial charge on any atom is -0.423 e. The first kappa shape index (κ1) is 24.7. The van der Waals surface area contributed by atoms with Crippen molar-refractivity contribution in [2.45, 2.75) is 71.1 Å². The molecule has 0 aliphatic heterocycles. The second-order valence-corrected chi connectivity index (χ2v) is 9.08. The van der Waals surface area contributed by atoms with Crippen LogP contribution in [-0.4, -0.2) is 5.97 Å². The number of esters is 1. The number of unbranched alkanes of at least 4 members (excludes halogenated alkanes) is 2. The third-order valence-electron chi connectivity index (χ3n) is 6.58. The Hall–Kier alpha value is -2.93. The zero-order chi connectivity index (χ0) is 23.5. The molecular weight excluding hydrogens is 413 g/mol. The van der Waals surface area contributed by atoms with E-state index in [1.54, 1.807) is 18.2 Å². The molecule has 0 spiro atoms. The summed E-state index contributed by atoms with van der Waals surface area (Å²) < 4.78 is 18.9. The molecule has 0 atom stereocenters. The molecule has 1 aliphatic carbocycles. The average molecular weight is 448 g/mol. The third kappa shape index (κ3) is 7.86. The van der Waals surface area contributed by atoms with E-state index in [-0.39, 0.29) is 11.3 Å². The molecule has 3 nitrogen and oxygen atoms in total. The summed E-state index contributed by atoms with van der Waals surface area (Å²) in [6.45, 7) is 2.27. The van der Waals surface area contributed by atoms with E-state index < -0.39 is 11.8 Å². The molecule has 0 aromatic heterocycles. The molecular formula is C29H34FNO2. The lowest BCUT2D eigenvalue weighted by Crippen LogP contribution is -2.13. The Labute approximate surface area is 197 Å². The Morgan fingerprint density at radius 2 is 1.88 bits per heavy atom. The van der Waals surface area contributed by atoms with Crippen molar-refractivity contribution in [2.24, 2.45) is 11.8 Å². The van der Waals surface area contributed by atoms with Crippen molar-refractivity contribution in [3.63, 3.8) is 0 Å². The Bertz CT molecular complexity index is 966. The number of rotatable bonds is 10. The van der Waals surface area contributed by atoms with E-state index in [0.29, 0.717) is 5.56 Å². The maximum absolute atomic E-state index is 13.7. The van der Waals surface area contributed by atoms with Gasteiger partial charge in [0.05, 0.1) is 11.1 Å². The van der Waals surface area contributed by atoms with E-state index in [1.807, 2.05) is 12.1 Å². The van der Waals surface area contributed by atoms with Crippen LogP contribution in [0.25, 0.3) is 0 Å². The SMILES string of the molecule is CCCCC[C@H]1CC[C@H](C=CCCc2ccc(C(=O)Oc3ccc(C#N)c(F)c3)cc2)CC1. The second kappa shape index (κ2) is 12.9. The fourth-order valence-corrected chi connectivity index (χ4v) is 4.51. The highest BCUT2D eigenvalue weighted by Crippen LogP contribution is 2.32. The van der Waals surface area contributed by atoms with Gasteiger partial charge in [0.15, 0.2) is 0 Å². The number of benzene rings is 2. The van der Waals surface area contributed by atoms with Gasteiger partial charge < -0.3 is 4.74 Å². The maximum Gasteiger partial charge on any atom is 0.343 e. The number of carbonyl (C=O) groups is 1. The molecule has 0 N–H and O–H groups in total. The number of aryl methyl sites for hydroxylation is 1. The van der Waals surface area contributed by atoms with Gasteiger partial charge in [0, 0.05) is 6.07 Å². The molecule has 0 bridgehead atoms. The molecule has 0 heterocycles. The Kier molecular flexibility index (Phi) is 9.69. The number of hydrogen-bond acceptors (Lipinski definition) is 3. The van der Waals surface area contributed by atoms with Gasteiger partial charge in [-0.05, 0) is 80.2 Å². The molecule has 0 unspecified atom stereocenters. The van der Waals surface area contributed by atoms with Crippen molar-refractivity contribution >= 4 is 5.97 Å². The molecule has 0 amide bonds. The van der Waals surface area contributed by atoms with Crippen molar-refractivity contribution in [3.05, 3.63) is 77.1 Å². The van der Waals surface area contributed by atoms with Gasteiger partial charge in [-0.2, -0.15) is 5.26 Å². The Morgan fingerprint density at radius 1 is 1.12 bits per heavy atom. The first-order chi connectivity index (χ1) is 16.1. The van der Waals surface area contributed by atoms with Crippen molar-refractivity contribution in [2.75, 3.05) is 0 Å². The summed E-state index contributed by atoms with van der Waals surface area (Å²) in [6.07, 6.45) is 17.5. The number of allylic oxidation sites excluding steroid dienone is 2. The van der Waals surface area contributed by atoms with Crippen LogP contribution in [0.1, 0.15) is 86.2 Å². The Balaban J connectivity index is 1.39. The van der Waals surface area contributed by atoms with Crippen LogP contribution in [0, 0.1) is 29.0 Å². The monoisotopic (exact) mass is 447 g/mol. The number of ether oxygens (including phenoxy) is 1. The molecule has 4 heteroatoms. The summed E-state index contributed by atoms with van der Waals surface area (Å²) in [5, 5.41) is 8.78. The predicted molar refractivity (Wildman–Crippen MR) is 130 cm³/mol. The summed E-state index contributed by atoms with van der Waals surface area (Å²) in [4.78, 5) is 12.3. The zero-order valence-electron chi connectivity index (χ0n) is 19.6. The van der Waals surface area contributed by atoms with Crippen molar-refractivity contribution in [1.29, 1.82) is 5.26 Å². The molecule has 1 saturated carbocycles. The predicted octanol–water partition coefficient (Wildman–Crippen LogP) is 7.79. The lowest BCUT2D eigenvalue weighted by Gasteiger charge is -2.26. The van der Waals surface area contributed by atoms with Gasteiger partial charge in [0.2, 0.25) is 0 Å². The number of nitriles is 1. The van der Waals surface area contributed by atoms with E-state index in [1.165, 1.54) is 69.1 Å². The number of halogens is 1. The van der Waals surface area contributed by atoms with Gasteiger partial charge in [0.1, 0.15) is 17.6 Å². The standard InChI is InChI=1S/C29H34FNO2/c1-2-3-4-7-22-10-12-23(13-11-22)8-5-6-9-24-14-16-25(17-15-24)29(32)33-27-19-18-26(21-31)28(30)20-27/h5,8,14-20,22-23H,2-4,6-7,9-13H2,1H3/t22-,23-. The van der Waals surface area contributed by atoms with Crippen molar-refractivity contribution in [1.82, 2.24) is 0 Å². The van der Waals surface area contributed by atoms with Crippen molar-refractivity contribution in [3.8, 4) is 11.8 Å². The Morgan fingerprint density at radius 3 is 2.55 bits per heavy atom. The number of carbonyl (C=O) groups excluding carboxylic acids is 1. The van der Waals surface area contributed by atoms with E-state index in [4.69, 9.17) is 10.00 Å². The smallest absolute Gasteiger partial charge is 0.343 e. The topological polar surface area (TPSA) is 50.1 Å². The van der Waals surface area contributed by atoms with Crippen LogP contribution in [0.5, 0.6) is 5.75 Å². The lowest BCUT2D eigenvalue weighted by molar-refractivity contribution is 0.0734. The first-order valence-electron chi connectivity index (χ1n) is 12.3. The molecule has 0 radical (unpaired) electrons. The summed E-state index contributed by atoms with van der Waals surface area (Å²) in [7, 11) is 0. The van der Waals surface area contributed by atoms with E-state index in [2.05, 4.69) is 19.1 Å². The van der Waals surface area contributed by atoms with Gasteiger partial charge in [0.25, 0.3) is 0 Å². The number of nitrogens with zero attached hydrogens (tertiary/aromatic N) is 1. The van der Waals surface area contributed by atoms with Gasteiger partial charge >= 0.3 is 5.97 Å². The minimum absolute atomic E-state index is 0.0803. The van der Waals surface area contributed by atoms with Gasteiger partial charge in [-0.3, -0.25) is 0 Å². The van der Waals surface area contributed by atoms with Gasteiger partial charge in [-0.25, -0.2) is 9.18 Å². The normalized spacial score (nSPS) is 18.2. The van der Waals surface area contributed by atoms with Crippen molar-refractivity contribution < 1.29 is 13.9 Å². The lowest BCUT2D eigenvalue weighted by atomic mass is 9.79. The molecule has 0 saturated heterocycles. The maximum atomic E-state index is 13.7. The highest BCUT2D eigenvalue weighted by molar-refractivity contribution is 5.91. The minimum atomic E-state index is -0.703. The van der Waals surface area contributed by atoms with Gasteiger partial charge in [-0.15, -0.1) is 0 Å². The van der Waals surface area contributed by atoms with E-state index in [0.717, 1.165) is 30.7 Å².